The van der Waals surface area contributed by atoms with Crippen LogP contribution < -0.4 is 9.47 Å². The fourth-order valence-electron chi connectivity index (χ4n) is 0.951. The highest BCUT2D eigenvalue weighted by Crippen LogP contribution is 2.18. The van der Waals surface area contributed by atoms with Crippen LogP contribution in [0.4, 0.5) is 0 Å². The Morgan fingerprint density at radius 2 is 2.07 bits per heavy atom. The van der Waals surface area contributed by atoms with Gasteiger partial charge in [-0.15, -0.1) is 0 Å². The summed E-state index contributed by atoms with van der Waals surface area (Å²) in [4.78, 5) is 11.1. The van der Waals surface area contributed by atoms with Gasteiger partial charge in [0.2, 0.25) is 0 Å². The highest BCUT2D eigenvalue weighted by molar-refractivity contribution is 5.83. The van der Waals surface area contributed by atoms with Gasteiger partial charge in [-0.05, 0) is 19.1 Å². The maximum atomic E-state index is 11.1. The minimum atomic E-state index is -0.388. The predicted octanol–water partition coefficient (Wildman–Crippen LogP) is 2.18. The molecule has 3 heteroatoms. The van der Waals surface area contributed by atoms with E-state index in [1.165, 1.54) is 6.08 Å². The minimum Gasteiger partial charge on any atom is -0.497 e. The Morgan fingerprint density at radius 1 is 1.36 bits per heavy atom. The molecule has 0 atom stereocenters. The molecule has 0 spiro atoms. The Hall–Kier alpha value is -1.77. The van der Waals surface area contributed by atoms with Gasteiger partial charge in [0.05, 0.1) is 7.11 Å². The first-order valence-corrected chi connectivity index (χ1v) is 4.25. The molecule has 1 rings (SSSR count). The van der Waals surface area contributed by atoms with Crippen molar-refractivity contribution in [1.82, 2.24) is 0 Å². The van der Waals surface area contributed by atoms with Crippen LogP contribution in [0.1, 0.15) is 6.92 Å². The third-order valence-corrected chi connectivity index (χ3v) is 1.56. The number of hydrogen-bond acceptors (Lipinski definition) is 3. The van der Waals surface area contributed by atoms with E-state index in [4.69, 9.17) is 9.47 Å². The molecule has 0 bridgehead atoms. The van der Waals surface area contributed by atoms with E-state index in [0.717, 1.165) is 0 Å². The van der Waals surface area contributed by atoms with E-state index in [0.29, 0.717) is 11.5 Å². The molecular weight excluding hydrogens is 180 g/mol. The lowest BCUT2D eigenvalue weighted by Crippen LogP contribution is -2.03. The van der Waals surface area contributed by atoms with E-state index >= 15 is 0 Å². The lowest BCUT2D eigenvalue weighted by molar-refractivity contribution is -0.129. The average molecular weight is 192 g/mol. The summed E-state index contributed by atoms with van der Waals surface area (Å²) >= 11 is 0. The summed E-state index contributed by atoms with van der Waals surface area (Å²) in [5.74, 6) is 0.754. The Morgan fingerprint density at radius 3 is 2.71 bits per heavy atom. The zero-order valence-electron chi connectivity index (χ0n) is 8.19. The van der Waals surface area contributed by atoms with Crippen molar-refractivity contribution in [2.45, 2.75) is 6.92 Å². The number of benzene rings is 1. The lowest BCUT2D eigenvalue weighted by Gasteiger charge is -2.03. The van der Waals surface area contributed by atoms with Gasteiger partial charge < -0.3 is 9.47 Å². The first-order chi connectivity index (χ1) is 6.76. The van der Waals surface area contributed by atoms with E-state index in [2.05, 4.69) is 0 Å². The number of hydrogen-bond donors (Lipinski definition) is 0. The molecular formula is C11H12O3. The normalized spacial score (nSPS) is 10.1. The van der Waals surface area contributed by atoms with Gasteiger partial charge in [0.15, 0.2) is 0 Å². The maximum absolute atomic E-state index is 11.1. The summed E-state index contributed by atoms with van der Waals surface area (Å²) in [5, 5.41) is 0. The molecule has 0 unspecified atom stereocenters. The third kappa shape index (κ3) is 2.94. The molecule has 1 aromatic carbocycles. The Kier molecular flexibility index (Phi) is 3.73. The van der Waals surface area contributed by atoms with Gasteiger partial charge in [0, 0.05) is 12.1 Å². The van der Waals surface area contributed by atoms with E-state index < -0.39 is 0 Å². The van der Waals surface area contributed by atoms with Crippen LogP contribution in [-0.4, -0.2) is 13.1 Å². The van der Waals surface area contributed by atoms with Crippen molar-refractivity contribution in [3.05, 3.63) is 36.4 Å². The van der Waals surface area contributed by atoms with E-state index in [1.807, 2.05) is 0 Å². The van der Waals surface area contributed by atoms with Crippen LogP contribution in [0, 0.1) is 0 Å². The molecule has 0 radical (unpaired) electrons. The Labute approximate surface area is 83.0 Å². The summed E-state index contributed by atoms with van der Waals surface area (Å²) in [6.07, 6.45) is 2.99. The van der Waals surface area contributed by atoms with Crippen molar-refractivity contribution in [3.8, 4) is 11.5 Å². The van der Waals surface area contributed by atoms with Crippen molar-refractivity contribution in [3.63, 3.8) is 0 Å². The quantitative estimate of drug-likeness (QED) is 0.418. The molecule has 3 nitrogen and oxygen atoms in total. The van der Waals surface area contributed by atoms with Gasteiger partial charge in [-0.1, -0.05) is 12.1 Å². The highest BCUT2D eigenvalue weighted by Gasteiger charge is 2.00. The zero-order valence-corrected chi connectivity index (χ0v) is 8.19. The molecule has 1 aromatic rings. The largest absolute Gasteiger partial charge is 0.497 e. The van der Waals surface area contributed by atoms with Crippen molar-refractivity contribution in [1.29, 1.82) is 0 Å². The first-order valence-electron chi connectivity index (χ1n) is 4.25. The first kappa shape index (κ1) is 10.3. The van der Waals surface area contributed by atoms with E-state index in [-0.39, 0.29) is 5.97 Å². The van der Waals surface area contributed by atoms with Crippen molar-refractivity contribution in [2.75, 3.05) is 7.11 Å². The van der Waals surface area contributed by atoms with Crippen LogP contribution in [0.2, 0.25) is 0 Å². The molecule has 0 amide bonds. The number of carbonyl (C=O) groups excluding carboxylic acids is 1. The second kappa shape index (κ2) is 5.07. The highest BCUT2D eigenvalue weighted by atomic mass is 16.5. The fraction of sp³-hybridized carbons (Fsp3) is 0.182. The molecule has 0 aliphatic heterocycles. The second-order valence-electron chi connectivity index (χ2n) is 2.60. The minimum absolute atomic E-state index is 0.388. The number of allylic oxidation sites excluding steroid dienone is 1. The molecule has 0 saturated carbocycles. The zero-order chi connectivity index (χ0) is 10.4. The van der Waals surface area contributed by atoms with E-state index in [9.17, 15) is 4.79 Å². The second-order valence-corrected chi connectivity index (χ2v) is 2.60. The number of methoxy groups -OCH3 is 1. The lowest BCUT2D eigenvalue weighted by atomic mass is 10.3. The Bertz CT molecular complexity index is 342. The topological polar surface area (TPSA) is 35.5 Å². The van der Waals surface area contributed by atoms with Gasteiger partial charge in [-0.25, -0.2) is 4.79 Å². The van der Waals surface area contributed by atoms with Gasteiger partial charge >= 0.3 is 5.97 Å². The van der Waals surface area contributed by atoms with E-state index in [1.54, 1.807) is 44.4 Å². The SMILES string of the molecule is CC=CC(=O)Oc1cccc(OC)c1. The van der Waals surface area contributed by atoms with Crippen LogP contribution >= 0.6 is 0 Å². The smallest absolute Gasteiger partial charge is 0.335 e. The number of esters is 1. The number of rotatable bonds is 3. The average Bonchev–Trinajstić information content (AvgIpc) is 2.18. The maximum Gasteiger partial charge on any atom is 0.335 e. The standard InChI is InChI=1S/C11H12O3/c1-3-5-11(12)14-10-7-4-6-9(8-10)13-2/h3-8H,1-2H3. The summed E-state index contributed by atoms with van der Waals surface area (Å²) in [7, 11) is 1.56. The molecule has 0 aliphatic carbocycles. The van der Waals surface area contributed by atoms with Crippen molar-refractivity contribution >= 4 is 5.97 Å². The molecule has 14 heavy (non-hydrogen) atoms. The monoisotopic (exact) mass is 192 g/mol. The number of ether oxygens (including phenoxy) is 2. The molecule has 0 N–H and O–H groups in total. The molecule has 0 heterocycles. The van der Waals surface area contributed by atoms with Crippen LogP contribution in [0.5, 0.6) is 11.5 Å². The van der Waals surface area contributed by atoms with Crippen LogP contribution in [0.25, 0.3) is 0 Å². The van der Waals surface area contributed by atoms with Crippen molar-refractivity contribution < 1.29 is 14.3 Å². The van der Waals surface area contributed by atoms with Crippen LogP contribution in [-0.2, 0) is 4.79 Å². The molecule has 0 saturated heterocycles. The van der Waals surface area contributed by atoms with Gasteiger partial charge in [0.1, 0.15) is 11.5 Å². The molecule has 0 fully saturated rings. The Balaban J connectivity index is 2.71. The van der Waals surface area contributed by atoms with Crippen LogP contribution in [0.3, 0.4) is 0 Å². The summed E-state index contributed by atoms with van der Waals surface area (Å²) in [6.45, 7) is 1.76. The molecule has 0 aliphatic rings. The molecule has 74 valence electrons. The molecule has 0 aromatic heterocycles. The number of carbonyl (C=O) groups is 1. The summed E-state index contributed by atoms with van der Waals surface area (Å²) < 4.78 is 9.98. The summed E-state index contributed by atoms with van der Waals surface area (Å²) in [6, 6.07) is 6.90. The van der Waals surface area contributed by atoms with Crippen molar-refractivity contribution in [2.24, 2.45) is 0 Å². The van der Waals surface area contributed by atoms with Crippen LogP contribution in [0.15, 0.2) is 36.4 Å². The summed E-state index contributed by atoms with van der Waals surface area (Å²) in [5.41, 5.74) is 0. The third-order valence-electron chi connectivity index (χ3n) is 1.56. The van der Waals surface area contributed by atoms with Gasteiger partial charge in [-0.2, -0.15) is 0 Å². The van der Waals surface area contributed by atoms with Gasteiger partial charge in [0.25, 0.3) is 0 Å². The fourth-order valence-corrected chi connectivity index (χ4v) is 0.951. The van der Waals surface area contributed by atoms with Gasteiger partial charge in [-0.3, -0.25) is 0 Å². The predicted molar refractivity (Wildman–Crippen MR) is 53.4 cm³/mol.